The quantitative estimate of drug-likeness (QED) is 0.655. The van der Waals surface area contributed by atoms with Gasteiger partial charge in [0.1, 0.15) is 11.6 Å². The van der Waals surface area contributed by atoms with E-state index in [1.807, 2.05) is 41.7 Å². The fourth-order valence-corrected chi connectivity index (χ4v) is 1.85. The molecule has 0 atom stereocenters. The average Bonchev–Trinajstić information content (AvgIpc) is 2.90. The second-order valence-corrected chi connectivity index (χ2v) is 3.73. The molecule has 0 radical (unpaired) electrons. The minimum absolute atomic E-state index is 0.666. The van der Waals surface area contributed by atoms with Crippen LogP contribution in [0.15, 0.2) is 41.0 Å². The lowest BCUT2D eigenvalue weighted by molar-refractivity contribution is 0.516. The van der Waals surface area contributed by atoms with Crippen molar-refractivity contribution in [1.29, 1.82) is 0 Å². The van der Waals surface area contributed by atoms with Gasteiger partial charge in [-0.3, -0.25) is 4.40 Å². The number of aryl methyl sites for hydroxylation is 1. The molecule has 0 N–H and O–H groups in total. The topological polar surface area (TPSA) is 43.3 Å². The van der Waals surface area contributed by atoms with Crippen molar-refractivity contribution >= 4 is 5.65 Å². The smallest absolute Gasteiger partial charge is 0.160 e. The van der Waals surface area contributed by atoms with E-state index < -0.39 is 0 Å². The molecule has 16 heavy (non-hydrogen) atoms. The van der Waals surface area contributed by atoms with E-state index in [-0.39, 0.29) is 0 Å². The lowest BCUT2D eigenvalue weighted by atomic mass is 10.3. The van der Waals surface area contributed by atoms with Crippen LogP contribution in [0.2, 0.25) is 0 Å². The Kier molecular flexibility index (Phi) is 1.99. The van der Waals surface area contributed by atoms with Gasteiger partial charge in [0.2, 0.25) is 0 Å². The highest BCUT2D eigenvalue weighted by Crippen LogP contribution is 2.12. The minimum Gasteiger partial charge on any atom is -0.469 e. The molecule has 0 unspecified atom stereocenters. The van der Waals surface area contributed by atoms with Gasteiger partial charge in [0.25, 0.3) is 0 Å². The van der Waals surface area contributed by atoms with Crippen molar-refractivity contribution in [3.05, 3.63) is 53.9 Å². The van der Waals surface area contributed by atoms with E-state index in [1.165, 1.54) is 0 Å². The Morgan fingerprint density at radius 1 is 1.19 bits per heavy atom. The van der Waals surface area contributed by atoms with Crippen molar-refractivity contribution in [3.8, 4) is 0 Å². The van der Waals surface area contributed by atoms with Crippen LogP contribution in [0.5, 0.6) is 0 Å². The Morgan fingerprint density at radius 3 is 2.94 bits per heavy atom. The summed E-state index contributed by atoms with van der Waals surface area (Å²) in [6.07, 6.45) is 2.34. The molecule has 0 bridgehead atoms. The fourth-order valence-electron chi connectivity index (χ4n) is 1.85. The number of hydrogen-bond donors (Lipinski definition) is 0. The van der Waals surface area contributed by atoms with E-state index in [2.05, 4.69) is 10.2 Å². The van der Waals surface area contributed by atoms with Crippen LogP contribution in [0, 0.1) is 6.92 Å². The molecule has 0 fully saturated rings. The van der Waals surface area contributed by atoms with Gasteiger partial charge in [-0.15, -0.1) is 10.2 Å². The zero-order chi connectivity index (χ0) is 11.0. The van der Waals surface area contributed by atoms with Crippen LogP contribution < -0.4 is 0 Å². The number of aromatic nitrogens is 3. The lowest BCUT2D eigenvalue weighted by Crippen LogP contribution is -1.98. The first-order chi connectivity index (χ1) is 7.84. The second kappa shape index (κ2) is 3.48. The van der Waals surface area contributed by atoms with Gasteiger partial charge in [0, 0.05) is 5.69 Å². The predicted octanol–water partition coefficient (Wildman–Crippen LogP) is 2.22. The molecule has 3 aromatic rings. The number of rotatable bonds is 2. The van der Waals surface area contributed by atoms with Gasteiger partial charge in [0.15, 0.2) is 5.65 Å². The largest absolute Gasteiger partial charge is 0.469 e. The van der Waals surface area contributed by atoms with Crippen molar-refractivity contribution in [3.63, 3.8) is 0 Å². The molecule has 0 amide bonds. The van der Waals surface area contributed by atoms with Crippen molar-refractivity contribution in [2.24, 2.45) is 0 Å². The number of fused-ring (bicyclic) bond motifs is 1. The first-order valence-electron chi connectivity index (χ1n) is 5.16. The molecular weight excluding hydrogens is 202 g/mol. The fraction of sp³-hybridized carbons (Fsp3) is 0.167. The summed E-state index contributed by atoms with van der Waals surface area (Å²) in [7, 11) is 0. The summed E-state index contributed by atoms with van der Waals surface area (Å²) in [5, 5.41) is 8.32. The minimum atomic E-state index is 0.666. The molecule has 0 aromatic carbocycles. The van der Waals surface area contributed by atoms with Crippen molar-refractivity contribution in [2.75, 3.05) is 0 Å². The van der Waals surface area contributed by atoms with Gasteiger partial charge in [-0.2, -0.15) is 0 Å². The van der Waals surface area contributed by atoms with Crippen LogP contribution in [-0.4, -0.2) is 14.6 Å². The molecule has 0 aliphatic heterocycles. The highest BCUT2D eigenvalue weighted by Gasteiger charge is 2.08. The Bertz CT molecular complexity index is 610. The Labute approximate surface area is 92.5 Å². The molecule has 3 rings (SSSR count). The maximum atomic E-state index is 5.31. The molecule has 0 aliphatic rings. The van der Waals surface area contributed by atoms with Crippen molar-refractivity contribution in [1.82, 2.24) is 14.6 Å². The SMILES string of the molecule is Cc1cccc2nnc(Cc3ccco3)n12. The summed E-state index contributed by atoms with van der Waals surface area (Å²) in [6.45, 7) is 2.04. The van der Waals surface area contributed by atoms with E-state index in [1.54, 1.807) is 6.26 Å². The summed E-state index contributed by atoms with van der Waals surface area (Å²) in [5.41, 5.74) is 2.01. The van der Waals surface area contributed by atoms with Gasteiger partial charge in [-0.05, 0) is 31.2 Å². The molecule has 3 aromatic heterocycles. The normalized spacial score (nSPS) is 11.1. The van der Waals surface area contributed by atoms with Gasteiger partial charge < -0.3 is 4.42 Å². The first kappa shape index (κ1) is 9.15. The van der Waals surface area contributed by atoms with Gasteiger partial charge in [0.05, 0.1) is 12.7 Å². The molecule has 3 heterocycles. The summed E-state index contributed by atoms with van der Waals surface area (Å²) in [4.78, 5) is 0. The van der Waals surface area contributed by atoms with E-state index >= 15 is 0 Å². The predicted molar refractivity (Wildman–Crippen MR) is 59.2 cm³/mol. The van der Waals surface area contributed by atoms with Crippen LogP contribution >= 0.6 is 0 Å². The number of nitrogens with zero attached hydrogens (tertiary/aromatic N) is 3. The number of furan rings is 1. The van der Waals surface area contributed by atoms with Crippen LogP contribution in [0.25, 0.3) is 5.65 Å². The Balaban J connectivity index is 2.10. The monoisotopic (exact) mass is 213 g/mol. The molecular formula is C12H11N3O. The number of hydrogen-bond acceptors (Lipinski definition) is 3. The average molecular weight is 213 g/mol. The summed E-state index contributed by atoms with van der Waals surface area (Å²) in [5.74, 6) is 1.81. The standard InChI is InChI=1S/C12H11N3O/c1-9-4-2-6-11-13-14-12(15(9)11)8-10-5-3-7-16-10/h2-7H,8H2,1H3. The van der Waals surface area contributed by atoms with E-state index in [0.717, 1.165) is 22.9 Å². The molecule has 0 saturated carbocycles. The van der Waals surface area contributed by atoms with Gasteiger partial charge in [-0.1, -0.05) is 6.07 Å². The third-order valence-corrected chi connectivity index (χ3v) is 2.60. The molecule has 4 nitrogen and oxygen atoms in total. The molecule has 0 saturated heterocycles. The second-order valence-electron chi connectivity index (χ2n) is 3.73. The Hall–Kier alpha value is -2.10. The van der Waals surface area contributed by atoms with Crippen LogP contribution in [-0.2, 0) is 6.42 Å². The highest BCUT2D eigenvalue weighted by molar-refractivity contribution is 5.40. The summed E-state index contributed by atoms with van der Waals surface area (Å²) < 4.78 is 7.36. The van der Waals surface area contributed by atoms with Crippen molar-refractivity contribution < 1.29 is 4.42 Å². The third-order valence-electron chi connectivity index (χ3n) is 2.60. The summed E-state index contributed by atoms with van der Waals surface area (Å²) in [6, 6.07) is 9.80. The maximum Gasteiger partial charge on any atom is 0.160 e. The third kappa shape index (κ3) is 1.39. The van der Waals surface area contributed by atoms with Crippen LogP contribution in [0.4, 0.5) is 0 Å². The van der Waals surface area contributed by atoms with E-state index in [4.69, 9.17) is 4.42 Å². The van der Waals surface area contributed by atoms with E-state index in [9.17, 15) is 0 Å². The lowest BCUT2D eigenvalue weighted by Gasteiger charge is -2.01. The first-order valence-corrected chi connectivity index (χ1v) is 5.16. The molecule has 4 heteroatoms. The molecule has 80 valence electrons. The van der Waals surface area contributed by atoms with E-state index in [0.29, 0.717) is 6.42 Å². The maximum absolute atomic E-state index is 5.31. The van der Waals surface area contributed by atoms with Crippen LogP contribution in [0.3, 0.4) is 0 Å². The van der Waals surface area contributed by atoms with Gasteiger partial charge in [-0.25, -0.2) is 0 Å². The zero-order valence-electron chi connectivity index (χ0n) is 8.92. The van der Waals surface area contributed by atoms with Crippen molar-refractivity contribution in [2.45, 2.75) is 13.3 Å². The van der Waals surface area contributed by atoms with Gasteiger partial charge >= 0.3 is 0 Å². The summed E-state index contributed by atoms with van der Waals surface area (Å²) >= 11 is 0. The highest BCUT2D eigenvalue weighted by atomic mass is 16.3. The Morgan fingerprint density at radius 2 is 2.12 bits per heavy atom. The van der Waals surface area contributed by atoms with Crippen LogP contribution in [0.1, 0.15) is 17.3 Å². The zero-order valence-corrected chi connectivity index (χ0v) is 8.92. The molecule has 0 aliphatic carbocycles. The number of pyridine rings is 1. The molecule has 0 spiro atoms.